The fourth-order valence-electron chi connectivity index (χ4n) is 3.29. The Labute approximate surface area is 151 Å². The Hall–Kier alpha value is -2.71. The molecule has 1 aliphatic rings. The standard InChI is InChI=1S/C17H23N5O4/c1-11-14(22(24)25)15-18-8-7-13(21(15)19-11)12-6-5-9-20(10-12)16(23)26-17(2,3)4/h7-8,12H,5-6,9-10H2,1-4H3. The number of aryl methyl sites for hydroxylation is 1. The summed E-state index contributed by atoms with van der Waals surface area (Å²) in [7, 11) is 0. The Balaban J connectivity index is 1.90. The number of nitrogens with zero attached hydrogens (tertiary/aromatic N) is 5. The fourth-order valence-corrected chi connectivity index (χ4v) is 3.29. The summed E-state index contributed by atoms with van der Waals surface area (Å²) < 4.78 is 7.00. The molecule has 0 radical (unpaired) electrons. The van der Waals surface area contributed by atoms with Crippen molar-refractivity contribution in [3.63, 3.8) is 0 Å². The van der Waals surface area contributed by atoms with Crippen LogP contribution in [0.25, 0.3) is 5.65 Å². The summed E-state index contributed by atoms with van der Waals surface area (Å²) in [4.78, 5) is 29.1. The van der Waals surface area contributed by atoms with Gasteiger partial charge in [0.1, 0.15) is 11.3 Å². The normalized spacial score (nSPS) is 18.2. The van der Waals surface area contributed by atoms with Crippen LogP contribution in [0.3, 0.4) is 0 Å². The number of carbonyl (C=O) groups excluding carboxylic acids is 1. The number of likely N-dealkylation sites (tertiary alicyclic amines) is 1. The number of aromatic nitrogens is 3. The zero-order valence-corrected chi connectivity index (χ0v) is 15.4. The molecule has 1 fully saturated rings. The van der Waals surface area contributed by atoms with Crippen LogP contribution in [-0.4, -0.2) is 49.2 Å². The Morgan fingerprint density at radius 3 is 2.81 bits per heavy atom. The van der Waals surface area contributed by atoms with Gasteiger partial charge in [-0.05, 0) is 46.6 Å². The van der Waals surface area contributed by atoms with E-state index in [-0.39, 0.29) is 23.3 Å². The van der Waals surface area contributed by atoms with Gasteiger partial charge in [-0.1, -0.05) is 0 Å². The quantitative estimate of drug-likeness (QED) is 0.601. The highest BCUT2D eigenvalue weighted by molar-refractivity contribution is 5.68. The first-order chi connectivity index (χ1) is 12.2. The Bertz CT molecular complexity index is 855. The van der Waals surface area contributed by atoms with Gasteiger partial charge in [0.2, 0.25) is 5.65 Å². The molecule has 9 nitrogen and oxygen atoms in total. The van der Waals surface area contributed by atoms with E-state index in [0.717, 1.165) is 18.5 Å². The summed E-state index contributed by atoms with van der Waals surface area (Å²) in [5, 5.41) is 15.6. The van der Waals surface area contributed by atoms with Crippen molar-refractivity contribution in [1.82, 2.24) is 19.5 Å². The van der Waals surface area contributed by atoms with Crippen molar-refractivity contribution in [3.8, 4) is 0 Å². The second kappa shape index (κ2) is 6.54. The molecule has 140 valence electrons. The van der Waals surface area contributed by atoms with Gasteiger partial charge in [-0.15, -0.1) is 0 Å². The molecule has 3 rings (SSSR count). The molecule has 3 heterocycles. The van der Waals surface area contributed by atoms with E-state index in [2.05, 4.69) is 10.1 Å². The van der Waals surface area contributed by atoms with E-state index in [9.17, 15) is 14.9 Å². The van der Waals surface area contributed by atoms with Crippen molar-refractivity contribution in [2.75, 3.05) is 13.1 Å². The summed E-state index contributed by atoms with van der Waals surface area (Å²) in [6, 6.07) is 1.81. The average molecular weight is 361 g/mol. The number of hydrogen-bond donors (Lipinski definition) is 0. The molecular weight excluding hydrogens is 338 g/mol. The smallest absolute Gasteiger partial charge is 0.410 e. The highest BCUT2D eigenvalue weighted by Crippen LogP contribution is 2.30. The minimum Gasteiger partial charge on any atom is -0.444 e. The molecule has 26 heavy (non-hydrogen) atoms. The molecule has 1 saturated heterocycles. The summed E-state index contributed by atoms with van der Waals surface area (Å²) in [6.07, 6.45) is 2.92. The van der Waals surface area contributed by atoms with E-state index in [1.165, 1.54) is 4.52 Å². The Kier molecular flexibility index (Phi) is 4.55. The van der Waals surface area contributed by atoms with Crippen molar-refractivity contribution in [3.05, 3.63) is 33.8 Å². The third kappa shape index (κ3) is 3.47. The van der Waals surface area contributed by atoms with E-state index in [1.807, 2.05) is 26.8 Å². The van der Waals surface area contributed by atoms with Gasteiger partial charge in [0.15, 0.2) is 0 Å². The molecule has 0 spiro atoms. The monoisotopic (exact) mass is 361 g/mol. The van der Waals surface area contributed by atoms with Crippen molar-refractivity contribution >= 4 is 17.4 Å². The van der Waals surface area contributed by atoms with Crippen molar-refractivity contribution in [2.45, 2.75) is 52.1 Å². The predicted molar refractivity (Wildman–Crippen MR) is 94.2 cm³/mol. The third-order valence-corrected chi connectivity index (χ3v) is 4.37. The van der Waals surface area contributed by atoms with Gasteiger partial charge in [-0.2, -0.15) is 5.10 Å². The summed E-state index contributed by atoms with van der Waals surface area (Å²) in [5.41, 5.74) is 0.758. The molecule has 0 bridgehead atoms. The minimum atomic E-state index is -0.548. The summed E-state index contributed by atoms with van der Waals surface area (Å²) >= 11 is 0. The minimum absolute atomic E-state index is 0.0145. The summed E-state index contributed by atoms with van der Waals surface area (Å²) in [6.45, 7) is 8.24. The molecule has 1 amide bonds. The Morgan fingerprint density at radius 1 is 1.42 bits per heavy atom. The van der Waals surface area contributed by atoms with Gasteiger partial charge in [-0.3, -0.25) is 10.1 Å². The third-order valence-electron chi connectivity index (χ3n) is 4.37. The van der Waals surface area contributed by atoms with E-state index in [0.29, 0.717) is 18.8 Å². The van der Waals surface area contributed by atoms with E-state index in [1.54, 1.807) is 18.0 Å². The fraction of sp³-hybridized carbons (Fsp3) is 0.588. The average Bonchev–Trinajstić information content (AvgIpc) is 2.89. The molecule has 1 atom stereocenters. The van der Waals surface area contributed by atoms with Crippen LogP contribution >= 0.6 is 0 Å². The zero-order chi connectivity index (χ0) is 19.1. The van der Waals surface area contributed by atoms with Gasteiger partial charge in [0.05, 0.1) is 10.6 Å². The molecule has 2 aromatic heterocycles. The maximum absolute atomic E-state index is 12.4. The lowest BCUT2D eigenvalue weighted by Gasteiger charge is -2.34. The first kappa shape index (κ1) is 18.1. The lowest BCUT2D eigenvalue weighted by atomic mass is 9.95. The van der Waals surface area contributed by atoms with Crippen LogP contribution in [0.2, 0.25) is 0 Å². The van der Waals surface area contributed by atoms with Crippen LogP contribution in [0.15, 0.2) is 12.3 Å². The van der Waals surface area contributed by atoms with Crippen LogP contribution in [0.4, 0.5) is 10.5 Å². The lowest BCUT2D eigenvalue weighted by molar-refractivity contribution is -0.383. The Morgan fingerprint density at radius 2 is 2.15 bits per heavy atom. The van der Waals surface area contributed by atoms with Crippen molar-refractivity contribution in [1.29, 1.82) is 0 Å². The molecule has 0 saturated carbocycles. The molecule has 1 aliphatic heterocycles. The second-order valence-corrected chi connectivity index (χ2v) is 7.56. The first-order valence-corrected chi connectivity index (χ1v) is 8.64. The molecule has 0 N–H and O–H groups in total. The number of fused-ring (bicyclic) bond motifs is 1. The predicted octanol–water partition coefficient (Wildman–Crippen LogP) is 3.06. The van der Waals surface area contributed by atoms with E-state index in [4.69, 9.17) is 4.74 Å². The van der Waals surface area contributed by atoms with Crippen LogP contribution < -0.4 is 0 Å². The van der Waals surface area contributed by atoms with E-state index < -0.39 is 10.5 Å². The molecule has 1 unspecified atom stereocenters. The van der Waals surface area contributed by atoms with Crippen LogP contribution in [0, 0.1) is 17.0 Å². The number of ether oxygens (including phenoxy) is 1. The number of amides is 1. The number of rotatable bonds is 2. The van der Waals surface area contributed by atoms with Gasteiger partial charge in [0.25, 0.3) is 0 Å². The van der Waals surface area contributed by atoms with Crippen LogP contribution in [-0.2, 0) is 4.74 Å². The number of carbonyl (C=O) groups is 1. The van der Waals surface area contributed by atoms with Gasteiger partial charge in [-0.25, -0.2) is 14.3 Å². The largest absolute Gasteiger partial charge is 0.444 e. The van der Waals surface area contributed by atoms with Crippen LogP contribution in [0.5, 0.6) is 0 Å². The molecule has 0 aromatic carbocycles. The van der Waals surface area contributed by atoms with Crippen LogP contribution in [0.1, 0.15) is 50.9 Å². The van der Waals surface area contributed by atoms with Gasteiger partial charge in [0, 0.05) is 25.2 Å². The second-order valence-electron chi connectivity index (χ2n) is 7.56. The number of hydrogen-bond acceptors (Lipinski definition) is 6. The number of piperidine rings is 1. The maximum atomic E-state index is 12.4. The zero-order valence-electron chi connectivity index (χ0n) is 15.4. The molecular formula is C17H23N5O4. The molecule has 9 heteroatoms. The first-order valence-electron chi connectivity index (χ1n) is 8.64. The molecule has 2 aromatic rings. The lowest BCUT2D eigenvalue weighted by Crippen LogP contribution is -2.42. The van der Waals surface area contributed by atoms with Crippen molar-refractivity contribution in [2.24, 2.45) is 0 Å². The maximum Gasteiger partial charge on any atom is 0.410 e. The topological polar surface area (TPSA) is 103 Å². The van der Waals surface area contributed by atoms with Crippen molar-refractivity contribution < 1.29 is 14.5 Å². The highest BCUT2D eigenvalue weighted by Gasteiger charge is 2.31. The van der Waals surface area contributed by atoms with Gasteiger partial charge >= 0.3 is 11.8 Å². The summed E-state index contributed by atoms with van der Waals surface area (Å²) in [5.74, 6) is 0.0145. The van der Waals surface area contributed by atoms with E-state index >= 15 is 0 Å². The SMILES string of the molecule is Cc1nn2c(C3CCCN(C(=O)OC(C)(C)C)C3)ccnc2c1[N+](=O)[O-]. The highest BCUT2D eigenvalue weighted by atomic mass is 16.6. The van der Waals surface area contributed by atoms with Gasteiger partial charge < -0.3 is 9.64 Å². The molecule has 0 aliphatic carbocycles. The number of nitro groups is 1.